The number of aliphatic hydroxyl groups excluding tert-OH is 1. The molecule has 2 aromatic heterocycles. The normalized spacial score (nSPS) is 16.3. The maximum absolute atomic E-state index is 13.1. The molecule has 28 heavy (non-hydrogen) atoms. The predicted molar refractivity (Wildman–Crippen MR) is 104 cm³/mol. The van der Waals surface area contributed by atoms with E-state index in [9.17, 15) is 14.7 Å². The Morgan fingerprint density at radius 2 is 1.93 bits per heavy atom. The van der Waals surface area contributed by atoms with Crippen LogP contribution in [0.5, 0.6) is 0 Å². The fourth-order valence-corrected chi connectivity index (χ4v) is 3.84. The summed E-state index contributed by atoms with van der Waals surface area (Å²) in [5.41, 5.74) is 1.36. The van der Waals surface area contributed by atoms with Crippen molar-refractivity contribution in [3.05, 3.63) is 93.6 Å². The molecule has 0 aliphatic carbocycles. The van der Waals surface area contributed by atoms with Crippen molar-refractivity contribution in [3.8, 4) is 6.07 Å². The fourth-order valence-electron chi connectivity index (χ4n) is 3.16. The summed E-state index contributed by atoms with van der Waals surface area (Å²) in [6.07, 6.45) is 1.57. The number of nitrogens with zero attached hydrogens (tertiary/aromatic N) is 3. The van der Waals surface area contributed by atoms with Crippen molar-refractivity contribution in [3.63, 3.8) is 0 Å². The summed E-state index contributed by atoms with van der Waals surface area (Å²) in [6, 6.07) is 16.1. The largest absolute Gasteiger partial charge is 0.503 e. The summed E-state index contributed by atoms with van der Waals surface area (Å²) in [4.78, 5) is 32.0. The van der Waals surface area contributed by atoms with E-state index in [0.29, 0.717) is 21.8 Å². The number of Topliss-reactive ketones (excluding diaryl/α,β-unsaturated/α-hetero) is 1. The second-order valence-electron chi connectivity index (χ2n) is 6.06. The van der Waals surface area contributed by atoms with Crippen molar-refractivity contribution in [1.29, 1.82) is 5.26 Å². The first-order valence-corrected chi connectivity index (χ1v) is 9.25. The Kier molecular flexibility index (Phi) is 4.47. The number of carbonyl (C=O) groups excluding carboxylic acids is 2. The van der Waals surface area contributed by atoms with E-state index >= 15 is 0 Å². The number of amides is 1. The minimum absolute atomic E-state index is 0.00416. The van der Waals surface area contributed by atoms with Gasteiger partial charge in [0.2, 0.25) is 5.78 Å². The van der Waals surface area contributed by atoms with Crippen molar-refractivity contribution in [1.82, 2.24) is 4.98 Å². The molecule has 3 heterocycles. The van der Waals surface area contributed by atoms with Gasteiger partial charge in [-0.25, -0.2) is 0 Å². The number of thiophene rings is 1. The zero-order valence-electron chi connectivity index (χ0n) is 14.4. The molecule has 0 saturated heterocycles. The van der Waals surface area contributed by atoms with Crippen LogP contribution in [0.3, 0.4) is 0 Å². The molecule has 1 aliphatic heterocycles. The molecule has 136 valence electrons. The number of aromatic nitrogens is 1. The van der Waals surface area contributed by atoms with Crippen LogP contribution >= 0.6 is 11.3 Å². The molecular weight excluding hydrogens is 374 g/mol. The van der Waals surface area contributed by atoms with Crippen molar-refractivity contribution < 1.29 is 14.7 Å². The van der Waals surface area contributed by atoms with Gasteiger partial charge in [-0.1, -0.05) is 12.1 Å². The van der Waals surface area contributed by atoms with E-state index in [-0.39, 0.29) is 5.57 Å². The van der Waals surface area contributed by atoms with E-state index in [1.54, 1.807) is 66.2 Å². The Morgan fingerprint density at radius 1 is 1.14 bits per heavy atom. The van der Waals surface area contributed by atoms with Crippen LogP contribution in [0.4, 0.5) is 5.69 Å². The number of ketones is 1. The molecule has 1 atom stereocenters. The third-order valence-corrected chi connectivity index (χ3v) is 5.31. The van der Waals surface area contributed by atoms with Crippen molar-refractivity contribution in [2.75, 3.05) is 4.90 Å². The quantitative estimate of drug-likeness (QED) is 0.687. The molecular formula is C21H13N3O3S. The fraction of sp³-hybridized carbons (Fsp3) is 0.0476. The van der Waals surface area contributed by atoms with Crippen LogP contribution in [0.15, 0.2) is 77.5 Å². The molecule has 7 heteroatoms. The lowest BCUT2D eigenvalue weighted by molar-refractivity contribution is -0.117. The highest BCUT2D eigenvalue weighted by atomic mass is 32.1. The minimum atomic E-state index is -0.865. The van der Waals surface area contributed by atoms with E-state index in [2.05, 4.69) is 4.98 Å². The Balaban J connectivity index is 1.86. The lowest BCUT2D eigenvalue weighted by atomic mass is 9.98. The summed E-state index contributed by atoms with van der Waals surface area (Å²) < 4.78 is 0. The molecule has 0 saturated carbocycles. The Hall–Kier alpha value is -3.76. The molecule has 1 unspecified atom stereocenters. The summed E-state index contributed by atoms with van der Waals surface area (Å²) >= 11 is 1.24. The van der Waals surface area contributed by atoms with Crippen molar-refractivity contribution in [2.24, 2.45) is 0 Å². The van der Waals surface area contributed by atoms with Gasteiger partial charge in [-0.3, -0.25) is 19.5 Å². The highest BCUT2D eigenvalue weighted by molar-refractivity contribution is 7.12. The number of anilines is 1. The molecule has 6 nitrogen and oxygen atoms in total. The van der Waals surface area contributed by atoms with Crippen LogP contribution in [-0.4, -0.2) is 21.8 Å². The van der Waals surface area contributed by atoms with Gasteiger partial charge in [0.25, 0.3) is 5.91 Å². The molecule has 3 aromatic rings. The maximum Gasteiger partial charge on any atom is 0.294 e. The van der Waals surface area contributed by atoms with Gasteiger partial charge in [-0.15, -0.1) is 11.3 Å². The lowest BCUT2D eigenvalue weighted by Gasteiger charge is -2.26. The monoisotopic (exact) mass is 387 g/mol. The van der Waals surface area contributed by atoms with Crippen LogP contribution in [0.25, 0.3) is 0 Å². The number of carbonyl (C=O) groups is 2. The summed E-state index contributed by atoms with van der Waals surface area (Å²) in [5, 5.41) is 21.3. The average Bonchev–Trinajstić information content (AvgIpc) is 3.36. The van der Waals surface area contributed by atoms with Crippen LogP contribution in [0.1, 0.15) is 27.0 Å². The zero-order valence-corrected chi connectivity index (χ0v) is 15.3. The Bertz CT molecular complexity index is 1110. The lowest BCUT2D eigenvalue weighted by Crippen LogP contribution is -2.31. The number of pyridine rings is 1. The number of hydrogen-bond acceptors (Lipinski definition) is 6. The van der Waals surface area contributed by atoms with E-state index in [0.717, 1.165) is 0 Å². The Morgan fingerprint density at radius 3 is 2.54 bits per heavy atom. The smallest absolute Gasteiger partial charge is 0.294 e. The molecule has 1 aromatic carbocycles. The van der Waals surface area contributed by atoms with Gasteiger partial charge in [-0.05, 0) is 47.8 Å². The second-order valence-corrected chi connectivity index (χ2v) is 7.01. The predicted octanol–water partition coefficient (Wildman–Crippen LogP) is 3.80. The number of benzene rings is 1. The van der Waals surface area contributed by atoms with Crippen LogP contribution in [0, 0.1) is 11.3 Å². The number of hydrogen-bond donors (Lipinski definition) is 1. The maximum atomic E-state index is 13.1. The summed E-state index contributed by atoms with van der Waals surface area (Å²) in [7, 11) is 0. The van der Waals surface area contributed by atoms with Gasteiger partial charge in [-0.2, -0.15) is 5.26 Å². The first-order valence-electron chi connectivity index (χ1n) is 8.38. The molecule has 0 fully saturated rings. The Labute approximate surface area is 164 Å². The van der Waals surface area contributed by atoms with Gasteiger partial charge in [0.1, 0.15) is 6.04 Å². The molecule has 0 spiro atoms. The molecule has 4 rings (SSSR count). The molecule has 1 amide bonds. The summed E-state index contributed by atoms with van der Waals surface area (Å²) in [6.45, 7) is 0. The topological polar surface area (TPSA) is 94.3 Å². The van der Waals surface area contributed by atoms with Crippen LogP contribution in [0.2, 0.25) is 0 Å². The number of rotatable bonds is 4. The van der Waals surface area contributed by atoms with Gasteiger partial charge < -0.3 is 5.11 Å². The van der Waals surface area contributed by atoms with E-state index < -0.39 is 23.5 Å². The SMILES string of the molecule is N#Cc1ccc(N2C(=O)C(O)=C(C(=O)c3cccs3)C2c2ccccn2)cc1. The van der Waals surface area contributed by atoms with Gasteiger partial charge >= 0.3 is 0 Å². The van der Waals surface area contributed by atoms with Crippen molar-refractivity contribution in [2.45, 2.75) is 6.04 Å². The zero-order chi connectivity index (χ0) is 19.7. The second kappa shape index (κ2) is 7.10. The minimum Gasteiger partial charge on any atom is -0.503 e. The highest BCUT2D eigenvalue weighted by Gasteiger charge is 2.45. The van der Waals surface area contributed by atoms with E-state index in [4.69, 9.17) is 5.26 Å². The number of aliphatic hydroxyl groups is 1. The third kappa shape index (κ3) is 2.86. The number of nitriles is 1. The average molecular weight is 387 g/mol. The van der Waals surface area contributed by atoms with Crippen LogP contribution < -0.4 is 4.90 Å². The molecule has 1 N–H and O–H groups in total. The molecule has 0 bridgehead atoms. The van der Waals surface area contributed by atoms with Crippen LogP contribution in [-0.2, 0) is 4.79 Å². The van der Waals surface area contributed by atoms with Crippen molar-refractivity contribution >= 4 is 28.7 Å². The van der Waals surface area contributed by atoms with Gasteiger partial charge in [0.05, 0.1) is 27.8 Å². The molecule has 0 radical (unpaired) electrons. The first kappa shape index (κ1) is 17.6. The molecule has 1 aliphatic rings. The first-order chi connectivity index (χ1) is 13.6. The van der Waals surface area contributed by atoms with Gasteiger partial charge in [0, 0.05) is 11.9 Å². The highest BCUT2D eigenvalue weighted by Crippen LogP contribution is 2.41. The van der Waals surface area contributed by atoms with Gasteiger partial charge in [0.15, 0.2) is 5.76 Å². The third-order valence-electron chi connectivity index (χ3n) is 4.44. The standard InChI is InChI=1S/C21H13N3O3S/c22-12-13-6-8-14(9-7-13)24-18(15-4-1-2-10-23-15)17(20(26)21(24)27)19(25)16-5-3-11-28-16/h1-11,18,26H. The van der Waals surface area contributed by atoms with E-state index in [1.807, 2.05) is 6.07 Å². The summed E-state index contributed by atoms with van der Waals surface area (Å²) in [5.74, 6) is -1.67. The van der Waals surface area contributed by atoms with E-state index in [1.165, 1.54) is 16.2 Å².